The highest BCUT2D eigenvalue weighted by Gasteiger charge is 2.22. The van der Waals surface area contributed by atoms with E-state index in [4.69, 9.17) is 23.2 Å². The number of aromatic nitrogens is 1. The Kier molecular flexibility index (Phi) is 2.61. The van der Waals surface area contributed by atoms with Crippen LogP contribution in [-0.4, -0.2) is 11.5 Å². The number of nitrogens with zero attached hydrogens (tertiary/aromatic N) is 2. The fourth-order valence-electron chi connectivity index (χ4n) is 1.08. The molecule has 0 N–H and O–H groups in total. The molecule has 2 nitrogen and oxygen atoms in total. The van der Waals surface area contributed by atoms with Gasteiger partial charge >= 0.3 is 0 Å². The molecule has 0 unspecified atom stereocenters. The molecule has 0 atom stereocenters. The van der Waals surface area contributed by atoms with Gasteiger partial charge in [-0.1, -0.05) is 23.2 Å². The summed E-state index contributed by atoms with van der Waals surface area (Å²) in [4.78, 5) is 3.86. The Hall–Kier alpha value is -0.470. The minimum absolute atomic E-state index is 0.535. The zero-order chi connectivity index (χ0) is 9.26. The van der Waals surface area contributed by atoms with E-state index in [9.17, 15) is 0 Å². The van der Waals surface area contributed by atoms with Gasteiger partial charge in [0.1, 0.15) is 0 Å². The molecule has 1 aliphatic rings. The Balaban J connectivity index is 2.07. The number of rotatable bonds is 3. The Morgan fingerprint density at radius 1 is 1.31 bits per heavy atom. The second-order valence-electron chi connectivity index (χ2n) is 3.24. The fourth-order valence-corrected chi connectivity index (χ4v) is 1.56. The van der Waals surface area contributed by atoms with Crippen molar-refractivity contribution in [3.8, 4) is 0 Å². The molecule has 0 bridgehead atoms. The molecule has 1 radical (unpaired) electrons. The highest BCUT2D eigenvalue weighted by molar-refractivity contribution is 6.38. The predicted octanol–water partition coefficient (Wildman–Crippen LogP) is 3.03. The second kappa shape index (κ2) is 3.72. The van der Waals surface area contributed by atoms with Crippen molar-refractivity contribution in [2.45, 2.75) is 12.8 Å². The third-order valence-corrected chi connectivity index (χ3v) is 2.59. The minimum atomic E-state index is 0.535. The molecular formula is C9H9Cl2N2. The first kappa shape index (κ1) is 9.10. The van der Waals surface area contributed by atoms with E-state index < -0.39 is 0 Å². The lowest BCUT2D eigenvalue weighted by atomic mass is 10.3. The average molecular weight is 216 g/mol. The van der Waals surface area contributed by atoms with Crippen molar-refractivity contribution in [2.24, 2.45) is 5.92 Å². The largest absolute Gasteiger partial charge is 0.282 e. The SMILES string of the molecule is Clc1cncc(Cl)c1[N]CC1CC1. The summed E-state index contributed by atoms with van der Waals surface area (Å²) in [7, 11) is 0. The highest BCUT2D eigenvalue weighted by Crippen LogP contribution is 2.33. The summed E-state index contributed by atoms with van der Waals surface area (Å²) in [6.07, 6.45) is 5.70. The van der Waals surface area contributed by atoms with Crippen molar-refractivity contribution in [1.29, 1.82) is 0 Å². The van der Waals surface area contributed by atoms with Crippen LogP contribution in [0.25, 0.3) is 0 Å². The molecule has 13 heavy (non-hydrogen) atoms. The molecule has 0 aliphatic heterocycles. The van der Waals surface area contributed by atoms with Gasteiger partial charge < -0.3 is 0 Å². The molecule has 0 aromatic carbocycles. The van der Waals surface area contributed by atoms with Gasteiger partial charge in [0.25, 0.3) is 0 Å². The van der Waals surface area contributed by atoms with Gasteiger partial charge in [-0.05, 0) is 18.8 Å². The molecule has 0 saturated heterocycles. The van der Waals surface area contributed by atoms with E-state index in [-0.39, 0.29) is 0 Å². The van der Waals surface area contributed by atoms with E-state index in [1.54, 1.807) is 12.4 Å². The lowest BCUT2D eigenvalue weighted by Gasteiger charge is -2.05. The minimum Gasteiger partial charge on any atom is -0.282 e. The Bertz CT molecular complexity index is 290. The summed E-state index contributed by atoms with van der Waals surface area (Å²) in [5.41, 5.74) is 0.685. The molecule has 0 spiro atoms. The monoisotopic (exact) mass is 215 g/mol. The predicted molar refractivity (Wildman–Crippen MR) is 53.6 cm³/mol. The first-order chi connectivity index (χ1) is 6.27. The van der Waals surface area contributed by atoms with Gasteiger partial charge in [-0.3, -0.25) is 10.3 Å². The molecule has 1 heterocycles. The van der Waals surface area contributed by atoms with Crippen molar-refractivity contribution >= 4 is 28.9 Å². The molecule has 1 saturated carbocycles. The van der Waals surface area contributed by atoms with Crippen molar-refractivity contribution in [1.82, 2.24) is 10.3 Å². The fraction of sp³-hybridized carbons (Fsp3) is 0.444. The first-order valence-corrected chi connectivity index (χ1v) is 4.99. The van der Waals surface area contributed by atoms with Crippen LogP contribution in [0.15, 0.2) is 12.4 Å². The van der Waals surface area contributed by atoms with Crippen molar-refractivity contribution in [3.63, 3.8) is 0 Å². The third-order valence-electron chi connectivity index (χ3n) is 2.03. The summed E-state index contributed by atoms with van der Waals surface area (Å²) in [6.45, 7) is 0.837. The van der Waals surface area contributed by atoms with Crippen LogP contribution in [0.3, 0.4) is 0 Å². The molecule has 69 valence electrons. The summed E-state index contributed by atoms with van der Waals surface area (Å²) in [5.74, 6) is 0.750. The zero-order valence-corrected chi connectivity index (χ0v) is 8.52. The molecule has 1 aromatic rings. The van der Waals surface area contributed by atoms with Crippen molar-refractivity contribution < 1.29 is 0 Å². The van der Waals surface area contributed by atoms with E-state index in [2.05, 4.69) is 10.3 Å². The molecule has 0 amide bonds. The van der Waals surface area contributed by atoms with Gasteiger partial charge in [-0.15, -0.1) is 0 Å². The number of hydrogen-bond donors (Lipinski definition) is 0. The molecule has 1 aliphatic carbocycles. The van der Waals surface area contributed by atoms with Crippen LogP contribution < -0.4 is 5.32 Å². The summed E-state index contributed by atoms with van der Waals surface area (Å²) in [5, 5.41) is 5.43. The summed E-state index contributed by atoms with van der Waals surface area (Å²) < 4.78 is 0. The highest BCUT2D eigenvalue weighted by atomic mass is 35.5. The smallest absolute Gasteiger partial charge is 0.0978 e. The van der Waals surface area contributed by atoms with Crippen molar-refractivity contribution in [2.75, 3.05) is 6.54 Å². The Morgan fingerprint density at radius 3 is 2.46 bits per heavy atom. The Morgan fingerprint density at radius 2 is 1.92 bits per heavy atom. The van der Waals surface area contributed by atoms with Crippen LogP contribution in [-0.2, 0) is 0 Å². The number of halogens is 2. The van der Waals surface area contributed by atoms with Gasteiger partial charge in [0.05, 0.1) is 15.7 Å². The van der Waals surface area contributed by atoms with Crippen LogP contribution in [0.2, 0.25) is 10.0 Å². The lowest BCUT2D eigenvalue weighted by Crippen LogP contribution is -2.03. The quantitative estimate of drug-likeness (QED) is 0.762. The molecule has 2 rings (SSSR count). The van der Waals surface area contributed by atoms with Gasteiger partial charge in [0.15, 0.2) is 0 Å². The van der Waals surface area contributed by atoms with E-state index in [0.717, 1.165) is 12.5 Å². The number of hydrogen-bond acceptors (Lipinski definition) is 1. The Labute approximate surface area is 87.3 Å². The van der Waals surface area contributed by atoms with Crippen LogP contribution in [0.5, 0.6) is 0 Å². The second-order valence-corrected chi connectivity index (χ2v) is 4.05. The number of pyridine rings is 1. The van der Waals surface area contributed by atoms with Crippen LogP contribution in [0.4, 0.5) is 5.69 Å². The van der Waals surface area contributed by atoms with E-state index in [1.807, 2.05) is 0 Å². The van der Waals surface area contributed by atoms with Crippen LogP contribution in [0.1, 0.15) is 12.8 Å². The molecule has 1 fully saturated rings. The van der Waals surface area contributed by atoms with Gasteiger partial charge in [0, 0.05) is 18.9 Å². The molecule has 1 aromatic heterocycles. The normalized spacial score (nSPS) is 15.8. The molecular weight excluding hydrogens is 207 g/mol. The lowest BCUT2D eigenvalue weighted by molar-refractivity contribution is 0.743. The zero-order valence-electron chi connectivity index (χ0n) is 7.00. The van der Waals surface area contributed by atoms with Gasteiger partial charge in [-0.25, -0.2) is 0 Å². The van der Waals surface area contributed by atoms with Crippen LogP contribution >= 0.6 is 23.2 Å². The van der Waals surface area contributed by atoms with E-state index in [0.29, 0.717) is 15.7 Å². The summed E-state index contributed by atoms with van der Waals surface area (Å²) in [6, 6.07) is 0. The first-order valence-electron chi connectivity index (χ1n) is 4.24. The van der Waals surface area contributed by atoms with Crippen LogP contribution in [0, 0.1) is 5.92 Å². The maximum Gasteiger partial charge on any atom is 0.0978 e. The average Bonchev–Trinajstić information content (AvgIpc) is 2.87. The maximum absolute atomic E-state index is 5.89. The molecule has 4 heteroatoms. The third kappa shape index (κ3) is 2.26. The standard InChI is InChI=1S/C9H9Cl2N2/c10-7-4-12-5-8(11)9(7)13-3-6-1-2-6/h4-6H,1-3H2. The van der Waals surface area contributed by atoms with E-state index in [1.165, 1.54) is 12.8 Å². The summed E-state index contributed by atoms with van der Waals surface area (Å²) >= 11 is 11.8. The topological polar surface area (TPSA) is 27.0 Å². The van der Waals surface area contributed by atoms with Crippen molar-refractivity contribution in [3.05, 3.63) is 22.4 Å². The van der Waals surface area contributed by atoms with Gasteiger partial charge in [-0.2, -0.15) is 0 Å². The maximum atomic E-state index is 5.89. The van der Waals surface area contributed by atoms with Gasteiger partial charge in [0.2, 0.25) is 0 Å². The van der Waals surface area contributed by atoms with E-state index >= 15 is 0 Å².